The smallest absolute Gasteiger partial charge is 0.174 e. The van der Waals surface area contributed by atoms with Crippen LogP contribution in [0.2, 0.25) is 5.02 Å². The SMILES string of the molecule is CC1CCN(c2ccc(N3C(=S)N[C@@H](c4ccccn4)[C@H]3c3cccn3-c3ccccc3F)cc2Cl)CC1. The summed E-state index contributed by atoms with van der Waals surface area (Å²) in [6, 6.07) is 22.2. The van der Waals surface area contributed by atoms with E-state index >= 15 is 0 Å². The van der Waals surface area contributed by atoms with Gasteiger partial charge in [0.2, 0.25) is 0 Å². The fraction of sp³-hybridized carbons (Fsp3) is 0.267. The van der Waals surface area contributed by atoms with E-state index in [1.807, 2.05) is 53.2 Å². The van der Waals surface area contributed by atoms with Gasteiger partial charge in [0.25, 0.3) is 0 Å². The van der Waals surface area contributed by atoms with E-state index in [9.17, 15) is 4.39 Å². The van der Waals surface area contributed by atoms with Gasteiger partial charge in [0.15, 0.2) is 5.11 Å². The maximum Gasteiger partial charge on any atom is 0.174 e. The second kappa shape index (κ2) is 10.4. The van der Waals surface area contributed by atoms with Gasteiger partial charge in [-0.2, -0.15) is 0 Å². The van der Waals surface area contributed by atoms with Crippen LogP contribution in [0.5, 0.6) is 0 Å². The number of benzene rings is 2. The normalized spacial score (nSPS) is 20.1. The Morgan fingerprint density at radius 3 is 2.50 bits per heavy atom. The number of anilines is 2. The minimum atomic E-state index is -0.289. The van der Waals surface area contributed by atoms with Gasteiger partial charge in [-0.3, -0.25) is 4.98 Å². The molecule has 0 bridgehead atoms. The lowest BCUT2D eigenvalue weighted by molar-refractivity contribution is 0.438. The van der Waals surface area contributed by atoms with Crippen molar-refractivity contribution in [2.24, 2.45) is 5.92 Å². The molecule has 6 rings (SSSR count). The average molecular weight is 546 g/mol. The minimum Gasteiger partial charge on any atom is -0.370 e. The summed E-state index contributed by atoms with van der Waals surface area (Å²) in [7, 11) is 0. The third-order valence-electron chi connectivity index (χ3n) is 7.63. The predicted octanol–water partition coefficient (Wildman–Crippen LogP) is 7.08. The summed E-state index contributed by atoms with van der Waals surface area (Å²) in [6.07, 6.45) is 6.00. The summed E-state index contributed by atoms with van der Waals surface area (Å²) in [5.74, 6) is 0.454. The Hall–Kier alpha value is -3.42. The van der Waals surface area contributed by atoms with Crippen LogP contribution in [-0.4, -0.2) is 27.8 Å². The van der Waals surface area contributed by atoms with Gasteiger partial charge in [-0.05, 0) is 85.6 Å². The van der Waals surface area contributed by atoms with Crippen LogP contribution in [0.15, 0.2) is 85.2 Å². The molecule has 194 valence electrons. The number of nitrogens with zero attached hydrogens (tertiary/aromatic N) is 4. The Kier molecular flexibility index (Phi) is 6.80. The van der Waals surface area contributed by atoms with E-state index in [1.165, 1.54) is 18.9 Å². The van der Waals surface area contributed by atoms with E-state index in [2.05, 4.69) is 39.2 Å². The minimum absolute atomic E-state index is 0.244. The summed E-state index contributed by atoms with van der Waals surface area (Å²) in [5.41, 5.74) is 4.16. The van der Waals surface area contributed by atoms with Crippen molar-refractivity contribution in [3.05, 3.63) is 107 Å². The van der Waals surface area contributed by atoms with Crippen LogP contribution in [0.1, 0.15) is 43.2 Å². The predicted molar refractivity (Wildman–Crippen MR) is 156 cm³/mol. The summed E-state index contributed by atoms with van der Waals surface area (Å²) in [5, 5.41) is 4.76. The number of para-hydroxylation sites is 1. The monoisotopic (exact) mass is 545 g/mol. The molecule has 2 saturated heterocycles. The second-order valence-corrected chi connectivity index (χ2v) is 10.9. The number of aromatic nitrogens is 2. The fourth-order valence-corrected chi connectivity index (χ4v) is 6.23. The number of hydrogen-bond acceptors (Lipinski definition) is 3. The molecule has 0 radical (unpaired) electrons. The van der Waals surface area contributed by atoms with Crippen LogP contribution in [0.4, 0.5) is 15.8 Å². The Morgan fingerprint density at radius 2 is 1.76 bits per heavy atom. The van der Waals surface area contributed by atoms with Gasteiger partial charge < -0.3 is 19.7 Å². The molecular formula is C30H29ClFN5S. The van der Waals surface area contributed by atoms with Crippen LogP contribution in [0.3, 0.4) is 0 Å². The molecule has 1 N–H and O–H groups in total. The topological polar surface area (TPSA) is 36.3 Å². The van der Waals surface area contributed by atoms with Crippen LogP contribution < -0.4 is 15.1 Å². The fourth-order valence-electron chi connectivity index (χ4n) is 5.59. The molecule has 2 fully saturated rings. The highest BCUT2D eigenvalue weighted by atomic mass is 35.5. The number of pyridine rings is 1. The molecule has 38 heavy (non-hydrogen) atoms. The zero-order valence-corrected chi connectivity index (χ0v) is 22.7. The summed E-state index contributed by atoms with van der Waals surface area (Å²) < 4.78 is 16.8. The summed E-state index contributed by atoms with van der Waals surface area (Å²) in [4.78, 5) is 9.08. The van der Waals surface area contributed by atoms with E-state index in [1.54, 1.807) is 18.3 Å². The van der Waals surface area contributed by atoms with Gasteiger partial charge in [-0.1, -0.05) is 36.7 Å². The average Bonchev–Trinajstić information content (AvgIpc) is 3.54. The van der Waals surface area contributed by atoms with Crippen molar-refractivity contribution in [3.63, 3.8) is 0 Å². The standard InChI is InChI=1S/C30H29ClFN5S/c1-20-13-17-35(18-14-20)25-12-11-21(19-22(25)31)37-29(28(34-30(37)38)24-8-4-5-15-33-24)27-10-6-16-36(27)26-9-3-2-7-23(26)32/h2-12,15-16,19-20,28-29H,13-14,17-18H2,1H3,(H,34,38)/t28-,29+/m0/s1. The molecule has 4 aromatic rings. The Bertz CT molecular complexity index is 1450. The molecule has 2 aliphatic heterocycles. The molecule has 2 aliphatic rings. The first kappa shape index (κ1) is 24.9. The van der Waals surface area contributed by atoms with Gasteiger partial charge in [-0.25, -0.2) is 4.39 Å². The first-order valence-electron chi connectivity index (χ1n) is 13.0. The van der Waals surface area contributed by atoms with Gasteiger partial charge in [0.1, 0.15) is 11.9 Å². The quantitative estimate of drug-likeness (QED) is 0.271. The van der Waals surface area contributed by atoms with Crippen molar-refractivity contribution >= 4 is 40.3 Å². The molecule has 0 spiro atoms. The largest absolute Gasteiger partial charge is 0.370 e. The molecule has 0 saturated carbocycles. The van der Waals surface area contributed by atoms with Gasteiger partial charge >= 0.3 is 0 Å². The van der Waals surface area contributed by atoms with Crippen molar-refractivity contribution in [1.82, 2.24) is 14.9 Å². The molecule has 4 heterocycles. The van der Waals surface area contributed by atoms with Crippen molar-refractivity contribution in [3.8, 4) is 5.69 Å². The molecule has 8 heteroatoms. The van der Waals surface area contributed by atoms with Crippen molar-refractivity contribution < 1.29 is 4.39 Å². The zero-order chi connectivity index (χ0) is 26.2. The second-order valence-electron chi connectivity index (χ2n) is 10.1. The van der Waals surface area contributed by atoms with Gasteiger partial charge in [0.05, 0.1) is 28.1 Å². The number of piperidine rings is 1. The Balaban J connectivity index is 1.43. The third kappa shape index (κ3) is 4.54. The first-order chi connectivity index (χ1) is 18.5. The first-order valence-corrected chi connectivity index (χ1v) is 13.8. The molecule has 2 atom stereocenters. The van der Waals surface area contributed by atoms with Crippen molar-refractivity contribution in [2.45, 2.75) is 31.8 Å². The number of hydrogen-bond donors (Lipinski definition) is 1. The van der Waals surface area contributed by atoms with Crippen LogP contribution >= 0.6 is 23.8 Å². The molecule has 5 nitrogen and oxygen atoms in total. The Morgan fingerprint density at radius 1 is 0.974 bits per heavy atom. The summed E-state index contributed by atoms with van der Waals surface area (Å²) in [6.45, 7) is 4.31. The molecule has 0 amide bonds. The number of halogens is 2. The number of rotatable bonds is 5. The maximum atomic E-state index is 14.9. The Labute approximate surface area is 232 Å². The van der Waals surface area contributed by atoms with E-state index in [4.69, 9.17) is 23.8 Å². The van der Waals surface area contributed by atoms with E-state index < -0.39 is 0 Å². The van der Waals surface area contributed by atoms with Gasteiger partial charge in [-0.15, -0.1) is 0 Å². The van der Waals surface area contributed by atoms with Crippen LogP contribution in [0, 0.1) is 11.7 Å². The van der Waals surface area contributed by atoms with Crippen LogP contribution in [0.25, 0.3) is 5.69 Å². The van der Waals surface area contributed by atoms with Crippen molar-refractivity contribution in [2.75, 3.05) is 22.9 Å². The summed E-state index contributed by atoms with van der Waals surface area (Å²) >= 11 is 12.8. The molecule has 2 aromatic heterocycles. The third-order valence-corrected chi connectivity index (χ3v) is 8.24. The van der Waals surface area contributed by atoms with E-state index in [0.717, 1.165) is 41.8 Å². The molecular weight excluding hydrogens is 517 g/mol. The maximum absolute atomic E-state index is 14.9. The molecule has 0 unspecified atom stereocenters. The highest BCUT2D eigenvalue weighted by Crippen LogP contribution is 2.44. The van der Waals surface area contributed by atoms with Crippen LogP contribution in [-0.2, 0) is 0 Å². The zero-order valence-electron chi connectivity index (χ0n) is 21.1. The highest BCUT2D eigenvalue weighted by molar-refractivity contribution is 7.80. The molecule has 0 aliphatic carbocycles. The van der Waals surface area contributed by atoms with E-state index in [-0.39, 0.29) is 17.9 Å². The molecule has 2 aromatic carbocycles. The number of nitrogens with one attached hydrogen (secondary N) is 1. The highest BCUT2D eigenvalue weighted by Gasteiger charge is 2.42. The lowest BCUT2D eigenvalue weighted by Crippen LogP contribution is -2.33. The lowest BCUT2D eigenvalue weighted by atomic mass is 9.98. The lowest BCUT2D eigenvalue weighted by Gasteiger charge is -2.33. The van der Waals surface area contributed by atoms with Crippen molar-refractivity contribution in [1.29, 1.82) is 0 Å². The number of thiocarbonyl (C=S) groups is 1. The van der Waals surface area contributed by atoms with E-state index in [0.29, 0.717) is 15.8 Å². The van der Waals surface area contributed by atoms with Gasteiger partial charge in [0, 0.05) is 36.9 Å².